The highest BCUT2D eigenvalue weighted by atomic mass is 31.2. The van der Waals surface area contributed by atoms with Crippen molar-refractivity contribution in [1.82, 2.24) is 0 Å². The highest BCUT2D eigenvalue weighted by Crippen LogP contribution is 2.35. The van der Waals surface area contributed by atoms with E-state index in [0.29, 0.717) is 0 Å². The van der Waals surface area contributed by atoms with Gasteiger partial charge in [0.2, 0.25) is 0 Å². The zero-order chi connectivity index (χ0) is 18.6. The van der Waals surface area contributed by atoms with E-state index in [-0.39, 0.29) is 6.61 Å². The molecule has 0 aliphatic rings. The molecule has 0 fully saturated rings. The summed E-state index contributed by atoms with van der Waals surface area (Å²) in [5, 5.41) is 0. The summed E-state index contributed by atoms with van der Waals surface area (Å²) in [4.78, 5) is 17.1. The predicted molar refractivity (Wildman–Crippen MR) is 107 cm³/mol. The number of hydrogen-bond donors (Lipinski definition) is 2. The molecule has 0 aromatic carbocycles. The summed E-state index contributed by atoms with van der Waals surface area (Å²) in [6.07, 6.45) is 23.6. The highest BCUT2D eigenvalue weighted by Gasteiger charge is 2.12. The van der Waals surface area contributed by atoms with Crippen molar-refractivity contribution >= 4 is 7.82 Å². The van der Waals surface area contributed by atoms with Crippen LogP contribution in [-0.2, 0) is 9.09 Å². The maximum Gasteiger partial charge on any atom is 0.469 e. The Morgan fingerprint density at radius 1 is 0.560 bits per heavy atom. The number of hydrogen-bond acceptors (Lipinski definition) is 2. The lowest BCUT2D eigenvalue weighted by atomic mass is 10.0. The predicted octanol–water partition coefficient (Wildman–Crippen LogP) is 7.14. The molecule has 0 heterocycles. The normalized spacial score (nSPS) is 12.0. The number of phosphoric acid groups is 1. The standard InChI is InChI=1S/C20H43O4P/c1-2-3-4-5-6-7-8-9-10-11-12-13-14-15-16-17-18-19-20-24-25(21,22)23/h2-20H2,1H3,(H2,21,22,23). The lowest BCUT2D eigenvalue weighted by molar-refractivity contribution is 0.193. The van der Waals surface area contributed by atoms with Crippen molar-refractivity contribution in [2.75, 3.05) is 6.61 Å². The second-order valence-electron chi connectivity index (χ2n) is 7.33. The third kappa shape index (κ3) is 24.1. The fraction of sp³-hybridized carbons (Fsp3) is 1.00. The van der Waals surface area contributed by atoms with E-state index >= 15 is 0 Å². The molecule has 0 aromatic rings. The molecule has 0 amide bonds. The average molecular weight is 379 g/mol. The van der Waals surface area contributed by atoms with Gasteiger partial charge in [0.15, 0.2) is 0 Å². The van der Waals surface area contributed by atoms with Gasteiger partial charge in [-0.1, -0.05) is 116 Å². The van der Waals surface area contributed by atoms with Crippen LogP contribution < -0.4 is 0 Å². The smallest absolute Gasteiger partial charge is 0.303 e. The van der Waals surface area contributed by atoms with Crippen LogP contribution in [0, 0.1) is 0 Å². The Morgan fingerprint density at radius 2 is 0.840 bits per heavy atom. The molecular weight excluding hydrogens is 335 g/mol. The van der Waals surface area contributed by atoms with E-state index in [1.807, 2.05) is 0 Å². The number of unbranched alkanes of at least 4 members (excludes halogenated alkanes) is 17. The van der Waals surface area contributed by atoms with E-state index in [0.717, 1.165) is 19.3 Å². The van der Waals surface area contributed by atoms with Crippen molar-refractivity contribution in [2.24, 2.45) is 0 Å². The van der Waals surface area contributed by atoms with Crippen LogP contribution in [0.2, 0.25) is 0 Å². The van der Waals surface area contributed by atoms with Crippen LogP contribution in [-0.4, -0.2) is 16.4 Å². The van der Waals surface area contributed by atoms with E-state index in [9.17, 15) is 4.57 Å². The Balaban J connectivity index is 3.02. The molecule has 0 bridgehead atoms. The Kier molecular flexibility index (Phi) is 19.0. The zero-order valence-electron chi connectivity index (χ0n) is 16.6. The second-order valence-corrected chi connectivity index (χ2v) is 8.57. The van der Waals surface area contributed by atoms with Crippen LogP contribution >= 0.6 is 7.82 Å². The molecule has 5 heteroatoms. The average Bonchev–Trinajstić information content (AvgIpc) is 2.56. The third-order valence-corrected chi connectivity index (χ3v) is 5.28. The van der Waals surface area contributed by atoms with Gasteiger partial charge in [-0.25, -0.2) is 4.57 Å². The van der Waals surface area contributed by atoms with Crippen molar-refractivity contribution in [2.45, 2.75) is 122 Å². The SMILES string of the molecule is CCCCCCCCCCCCCCCCCCCCOP(=O)(O)O. The zero-order valence-corrected chi connectivity index (χ0v) is 17.5. The van der Waals surface area contributed by atoms with Gasteiger partial charge in [0.25, 0.3) is 0 Å². The van der Waals surface area contributed by atoms with Gasteiger partial charge in [-0.2, -0.15) is 0 Å². The lowest BCUT2D eigenvalue weighted by Crippen LogP contribution is -1.92. The Bertz CT molecular complexity index is 304. The summed E-state index contributed by atoms with van der Waals surface area (Å²) in [5.74, 6) is 0. The summed E-state index contributed by atoms with van der Waals surface area (Å²) >= 11 is 0. The van der Waals surface area contributed by atoms with Crippen molar-refractivity contribution < 1.29 is 18.9 Å². The Labute approximate surface area is 156 Å². The van der Waals surface area contributed by atoms with Crippen molar-refractivity contribution in [3.05, 3.63) is 0 Å². The molecule has 0 rings (SSSR count). The van der Waals surface area contributed by atoms with E-state index in [4.69, 9.17) is 9.79 Å². The van der Waals surface area contributed by atoms with Gasteiger partial charge in [-0.05, 0) is 6.42 Å². The molecule has 4 nitrogen and oxygen atoms in total. The Hall–Kier alpha value is 0.110. The van der Waals surface area contributed by atoms with Gasteiger partial charge >= 0.3 is 7.82 Å². The lowest BCUT2D eigenvalue weighted by Gasteiger charge is -2.05. The molecular formula is C20H43O4P. The monoisotopic (exact) mass is 378 g/mol. The quantitative estimate of drug-likeness (QED) is 0.174. The van der Waals surface area contributed by atoms with Crippen LogP contribution in [0.25, 0.3) is 0 Å². The van der Waals surface area contributed by atoms with Crippen LogP contribution in [0.1, 0.15) is 122 Å². The van der Waals surface area contributed by atoms with Gasteiger partial charge in [0, 0.05) is 0 Å². The summed E-state index contributed by atoms with van der Waals surface area (Å²) in [5.41, 5.74) is 0. The van der Waals surface area contributed by atoms with Crippen molar-refractivity contribution in [3.63, 3.8) is 0 Å². The first-order valence-corrected chi connectivity index (χ1v) is 12.3. The van der Waals surface area contributed by atoms with E-state index < -0.39 is 7.82 Å². The van der Waals surface area contributed by atoms with Gasteiger partial charge < -0.3 is 9.79 Å². The summed E-state index contributed by atoms with van der Waals surface area (Å²) < 4.78 is 14.9. The summed E-state index contributed by atoms with van der Waals surface area (Å²) in [6, 6.07) is 0. The van der Waals surface area contributed by atoms with E-state index in [2.05, 4.69) is 11.4 Å². The molecule has 0 atom stereocenters. The first-order chi connectivity index (χ1) is 12.1. The van der Waals surface area contributed by atoms with Crippen LogP contribution in [0.5, 0.6) is 0 Å². The molecule has 0 aliphatic carbocycles. The van der Waals surface area contributed by atoms with Crippen molar-refractivity contribution in [3.8, 4) is 0 Å². The molecule has 0 aromatic heterocycles. The fourth-order valence-electron chi connectivity index (χ4n) is 3.19. The third-order valence-electron chi connectivity index (χ3n) is 4.76. The minimum absolute atomic E-state index is 0.170. The molecule has 0 spiro atoms. The van der Waals surface area contributed by atoms with Gasteiger partial charge in [-0.3, -0.25) is 4.52 Å². The van der Waals surface area contributed by atoms with Gasteiger partial charge in [0.05, 0.1) is 6.61 Å². The molecule has 2 N–H and O–H groups in total. The molecule has 0 unspecified atom stereocenters. The minimum Gasteiger partial charge on any atom is -0.303 e. The molecule has 25 heavy (non-hydrogen) atoms. The molecule has 152 valence electrons. The largest absolute Gasteiger partial charge is 0.469 e. The minimum atomic E-state index is -4.26. The summed E-state index contributed by atoms with van der Waals surface area (Å²) in [6.45, 7) is 2.44. The highest BCUT2D eigenvalue weighted by molar-refractivity contribution is 7.46. The summed E-state index contributed by atoms with van der Waals surface area (Å²) in [7, 11) is -4.26. The second kappa shape index (κ2) is 18.9. The number of rotatable bonds is 20. The number of phosphoric ester groups is 1. The van der Waals surface area contributed by atoms with Crippen LogP contribution in [0.4, 0.5) is 0 Å². The van der Waals surface area contributed by atoms with Gasteiger partial charge in [0.1, 0.15) is 0 Å². The van der Waals surface area contributed by atoms with Crippen molar-refractivity contribution in [1.29, 1.82) is 0 Å². The molecule has 0 saturated heterocycles. The van der Waals surface area contributed by atoms with Crippen LogP contribution in [0.3, 0.4) is 0 Å². The Morgan fingerprint density at radius 3 is 1.12 bits per heavy atom. The molecule has 0 aliphatic heterocycles. The first-order valence-electron chi connectivity index (χ1n) is 10.8. The van der Waals surface area contributed by atoms with Crippen LogP contribution in [0.15, 0.2) is 0 Å². The van der Waals surface area contributed by atoms with Gasteiger partial charge in [-0.15, -0.1) is 0 Å². The maximum atomic E-state index is 10.5. The molecule has 0 saturated carbocycles. The molecule has 0 radical (unpaired) electrons. The maximum absolute atomic E-state index is 10.5. The fourth-order valence-corrected chi connectivity index (χ4v) is 3.55. The first kappa shape index (κ1) is 25.1. The van der Waals surface area contributed by atoms with E-state index in [1.54, 1.807) is 0 Å². The topological polar surface area (TPSA) is 66.8 Å². The van der Waals surface area contributed by atoms with E-state index in [1.165, 1.54) is 96.3 Å².